The summed E-state index contributed by atoms with van der Waals surface area (Å²) in [6, 6.07) is 8.13. The van der Waals surface area contributed by atoms with Crippen LogP contribution in [0.1, 0.15) is 30.4 Å². The van der Waals surface area contributed by atoms with Crippen LogP contribution < -0.4 is 0 Å². The molecule has 1 aliphatic carbocycles. The highest BCUT2D eigenvalue weighted by Crippen LogP contribution is 2.27. The van der Waals surface area contributed by atoms with Crippen LogP contribution in [0.25, 0.3) is 6.08 Å². The maximum Gasteiger partial charge on any atom is 0.305 e. The van der Waals surface area contributed by atoms with E-state index in [4.69, 9.17) is 5.11 Å². The minimum absolute atomic E-state index is 0.000607. The van der Waals surface area contributed by atoms with Gasteiger partial charge in [-0.1, -0.05) is 29.8 Å². The molecule has 106 valence electrons. The molecular weight excluding hydrogens is 254 g/mol. The molecule has 20 heavy (non-hydrogen) atoms. The molecule has 1 aliphatic rings. The van der Waals surface area contributed by atoms with E-state index in [1.165, 1.54) is 11.6 Å². The van der Waals surface area contributed by atoms with Crippen LogP contribution >= 0.6 is 0 Å². The molecule has 0 saturated heterocycles. The van der Waals surface area contributed by atoms with Crippen molar-refractivity contribution in [2.75, 3.05) is 6.54 Å². The summed E-state index contributed by atoms with van der Waals surface area (Å²) in [6.45, 7) is 2.30. The van der Waals surface area contributed by atoms with Gasteiger partial charge in [0, 0.05) is 18.7 Å². The van der Waals surface area contributed by atoms with E-state index in [9.17, 15) is 9.59 Å². The van der Waals surface area contributed by atoms with Crippen molar-refractivity contribution in [1.29, 1.82) is 0 Å². The van der Waals surface area contributed by atoms with Crippen molar-refractivity contribution in [2.45, 2.75) is 32.2 Å². The van der Waals surface area contributed by atoms with Gasteiger partial charge in [0.1, 0.15) is 0 Å². The predicted octanol–water partition coefficient (Wildman–Crippen LogP) is 2.47. The number of hydrogen-bond acceptors (Lipinski definition) is 2. The maximum atomic E-state index is 12.1. The fourth-order valence-electron chi connectivity index (χ4n) is 2.02. The van der Waals surface area contributed by atoms with Gasteiger partial charge in [-0.25, -0.2) is 0 Å². The fourth-order valence-corrected chi connectivity index (χ4v) is 2.02. The lowest BCUT2D eigenvalue weighted by Crippen LogP contribution is -2.33. The Labute approximate surface area is 118 Å². The summed E-state index contributed by atoms with van der Waals surface area (Å²) < 4.78 is 0. The van der Waals surface area contributed by atoms with Crippen molar-refractivity contribution < 1.29 is 14.7 Å². The fraction of sp³-hybridized carbons (Fsp3) is 0.375. The highest BCUT2D eigenvalue weighted by molar-refractivity contribution is 5.92. The van der Waals surface area contributed by atoms with Crippen LogP contribution in [0.15, 0.2) is 30.3 Å². The third-order valence-corrected chi connectivity index (χ3v) is 3.33. The molecule has 1 aromatic rings. The van der Waals surface area contributed by atoms with Gasteiger partial charge in [0.05, 0.1) is 6.42 Å². The lowest BCUT2D eigenvalue weighted by atomic mass is 10.1. The van der Waals surface area contributed by atoms with Crippen LogP contribution in [-0.4, -0.2) is 34.5 Å². The maximum absolute atomic E-state index is 12.1. The molecule has 0 unspecified atom stereocenters. The molecule has 0 aliphatic heterocycles. The number of hydrogen-bond donors (Lipinski definition) is 1. The van der Waals surface area contributed by atoms with Gasteiger partial charge < -0.3 is 10.0 Å². The topological polar surface area (TPSA) is 57.6 Å². The summed E-state index contributed by atoms with van der Waals surface area (Å²) in [5, 5.41) is 8.72. The van der Waals surface area contributed by atoms with Crippen LogP contribution in [0, 0.1) is 6.92 Å². The Morgan fingerprint density at radius 1 is 1.30 bits per heavy atom. The van der Waals surface area contributed by atoms with Crippen LogP contribution in [0.5, 0.6) is 0 Å². The van der Waals surface area contributed by atoms with E-state index in [1.54, 1.807) is 11.0 Å². The zero-order valence-electron chi connectivity index (χ0n) is 11.6. The van der Waals surface area contributed by atoms with Gasteiger partial charge >= 0.3 is 5.97 Å². The van der Waals surface area contributed by atoms with Crippen molar-refractivity contribution in [2.24, 2.45) is 0 Å². The molecule has 1 amide bonds. The lowest BCUT2D eigenvalue weighted by Gasteiger charge is -2.19. The van der Waals surface area contributed by atoms with Gasteiger partial charge in [-0.15, -0.1) is 0 Å². The van der Waals surface area contributed by atoms with Gasteiger partial charge in [0.15, 0.2) is 0 Å². The number of carbonyl (C=O) groups excluding carboxylic acids is 1. The van der Waals surface area contributed by atoms with Gasteiger partial charge in [-0.2, -0.15) is 0 Å². The smallest absolute Gasteiger partial charge is 0.305 e. The standard InChI is InChI=1S/C16H19NO3/c1-12-2-4-13(5-3-12)6-9-15(18)17(14-7-8-14)11-10-16(19)20/h2-6,9,14H,7-8,10-11H2,1H3,(H,19,20)/b9-6+. The Balaban J connectivity index is 1.97. The Hall–Kier alpha value is -2.10. The van der Waals surface area contributed by atoms with E-state index in [0.717, 1.165) is 18.4 Å². The van der Waals surface area contributed by atoms with Crippen LogP contribution in [0.3, 0.4) is 0 Å². The first-order chi connectivity index (χ1) is 9.56. The second kappa shape index (κ2) is 6.37. The molecule has 1 aromatic carbocycles. The van der Waals surface area contributed by atoms with Crippen molar-refractivity contribution >= 4 is 18.0 Å². The number of carboxylic acids is 1. The molecule has 2 rings (SSSR count). The second-order valence-electron chi connectivity index (χ2n) is 5.15. The molecule has 4 heteroatoms. The third kappa shape index (κ3) is 4.23. The van der Waals surface area contributed by atoms with E-state index < -0.39 is 5.97 Å². The molecule has 1 N–H and O–H groups in total. The number of carboxylic acid groups (broad SMARTS) is 1. The quantitative estimate of drug-likeness (QED) is 0.810. The highest BCUT2D eigenvalue weighted by Gasteiger charge is 2.31. The van der Waals surface area contributed by atoms with Crippen LogP contribution in [0.4, 0.5) is 0 Å². The SMILES string of the molecule is Cc1ccc(/C=C/C(=O)N(CCC(=O)O)C2CC2)cc1. The number of nitrogens with zero attached hydrogens (tertiary/aromatic N) is 1. The number of amides is 1. The number of rotatable bonds is 6. The van der Waals surface area contributed by atoms with Crippen molar-refractivity contribution in [3.05, 3.63) is 41.5 Å². The van der Waals surface area contributed by atoms with Crippen molar-refractivity contribution in [3.8, 4) is 0 Å². The molecular formula is C16H19NO3. The predicted molar refractivity (Wildman–Crippen MR) is 77.2 cm³/mol. The van der Waals surface area contributed by atoms with Crippen LogP contribution in [-0.2, 0) is 9.59 Å². The summed E-state index contributed by atoms with van der Waals surface area (Å²) in [5.41, 5.74) is 2.15. The molecule has 0 spiro atoms. The van der Waals surface area contributed by atoms with Gasteiger partial charge in [0.2, 0.25) is 5.91 Å². The Morgan fingerprint density at radius 3 is 2.50 bits per heavy atom. The Kier molecular flexibility index (Phi) is 4.56. The molecule has 0 aromatic heterocycles. The Morgan fingerprint density at radius 2 is 1.95 bits per heavy atom. The monoisotopic (exact) mass is 273 g/mol. The first-order valence-corrected chi connectivity index (χ1v) is 6.83. The molecule has 1 saturated carbocycles. The average Bonchev–Trinajstić information content (AvgIpc) is 3.22. The van der Waals surface area contributed by atoms with Gasteiger partial charge in [0.25, 0.3) is 0 Å². The second-order valence-corrected chi connectivity index (χ2v) is 5.15. The Bertz CT molecular complexity index is 515. The number of aliphatic carboxylic acids is 1. The average molecular weight is 273 g/mol. The van der Waals surface area contributed by atoms with E-state index in [2.05, 4.69) is 0 Å². The van der Waals surface area contributed by atoms with Crippen molar-refractivity contribution in [1.82, 2.24) is 4.90 Å². The molecule has 4 nitrogen and oxygen atoms in total. The highest BCUT2D eigenvalue weighted by atomic mass is 16.4. The first kappa shape index (κ1) is 14.3. The zero-order chi connectivity index (χ0) is 14.5. The molecule has 1 fully saturated rings. The van der Waals surface area contributed by atoms with Crippen molar-refractivity contribution in [3.63, 3.8) is 0 Å². The molecule has 0 atom stereocenters. The number of benzene rings is 1. The van der Waals surface area contributed by atoms with E-state index in [0.29, 0.717) is 0 Å². The summed E-state index contributed by atoms with van der Waals surface area (Å²) >= 11 is 0. The van der Waals surface area contributed by atoms with Crippen LogP contribution in [0.2, 0.25) is 0 Å². The minimum Gasteiger partial charge on any atom is -0.481 e. The first-order valence-electron chi connectivity index (χ1n) is 6.83. The number of aryl methyl sites for hydroxylation is 1. The third-order valence-electron chi connectivity index (χ3n) is 3.33. The number of carbonyl (C=O) groups is 2. The molecule has 0 radical (unpaired) electrons. The normalized spacial score (nSPS) is 14.4. The minimum atomic E-state index is -0.869. The molecule has 0 heterocycles. The van der Waals surface area contributed by atoms with Gasteiger partial charge in [-0.3, -0.25) is 9.59 Å². The summed E-state index contributed by atoms with van der Waals surface area (Å²) in [4.78, 5) is 24.4. The molecule has 0 bridgehead atoms. The lowest BCUT2D eigenvalue weighted by molar-refractivity contribution is -0.138. The summed E-state index contributed by atoms with van der Waals surface area (Å²) in [5.74, 6) is -0.972. The largest absolute Gasteiger partial charge is 0.481 e. The van der Waals surface area contributed by atoms with E-state index >= 15 is 0 Å². The summed E-state index contributed by atoms with van der Waals surface area (Å²) in [6.07, 6.45) is 5.26. The summed E-state index contributed by atoms with van der Waals surface area (Å²) in [7, 11) is 0. The van der Waals surface area contributed by atoms with E-state index in [-0.39, 0.29) is 24.9 Å². The van der Waals surface area contributed by atoms with E-state index in [1.807, 2.05) is 31.2 Å². The van der Waals surface area contributed by atoms with Gasteiger partial charge in [-0.05, 0) is 31.4 Å². The zero-order valence-corrected chi connectivity index (χ0v) is 11.6.